The molecule has 0 amide bonds. The van der Waals surface area contributed by atoms with E-state index >= 15 is 0 Å². The second kappa shape index (κ2) is 7.13. The molecule has 112 valence electrons. The minimum absolute atomic E-state index is 0.686. The van der Waals surface area contributed by atoms with Gasteiger partial charge in [-0.1, -0.05) is 53.7 Å². The third kappa shape index (κ3) is 3.27. The van der Waals surface area contributed by atoms with Crippen molar-refractivity contribution in [2.24, 2.45) is 0 Å². The van der Waals surface area contributed by atoms with E-state index in [2.05, 4.69) is 27.4 Å². The molecule has 1 aromatic carbocycles. The number of hydrogen-bond acceptors (Lipinski definition) is 4. The van der Waals surface area contributed by atoms with Gasteiger partial charge in [0.1, 0.15) is 0 Å². The Morgan fingerprint density at radius 3 is 2.82 bits per heavy atom. The highest BCUT2D eigenvalue weighted by Gasteiger charge is 2.14. The van der Waals surface area contributed by atoms with Gasteiger partial charge in [-0.15, -0.1) is 28.1 Å². The van der Waals surface area contributed by atoms with Gasteiger partial charge in [-0.05, 0) is 23.1 Å². The Balaban J connectivity index is 1.85. The first-order valence-electron chi connectivity index (χ1n) is 6.74. The highest BCUT2D eigenvalue weighted by molar-refractivity contribution is 7.98. The third-order valence-electron chi connectivity index (χ3n) is 3.08. The van der Waals surface area contributed by atoms with Crippen molar-refractivity contribution in [3.63, 3.8) is 0 Å². The van der Waals surface area contributed by atoms with Gasteiger partial charge in [-0.3, -0.25) is 4.57 Å². The second-order valence-corrected chi connectivity index (χ2v) is 6.86. The Hall–Kier alpha value is -1.56. The van der Waals surface area contributed by atoms with Crippen LogP contribution in [0.15, 0.2) is 59.6 Å². The standard InChI is InChI=1S/C16H14ClN3S2/c1-2-9-20-15(14-8-5-10-21-14)18-19-16(20)22-11-12-6-3-4-7-13(12)17/h2-8,10H,1,9,11H2. The second-order valence-electron chi connectivity index (χ2n) is 4.56. The van der Waals surface area contributed by atoms with Crippen LogP contribution in [0.5, 0.6) is 0 Å². The van der Waals surface area contributed by atoms with Gasteiger partial charge >= 0.3 is 0 Å². The molecule has 0 radical (unpaired) electrons. The number of halogens is 1. The molecule has 3 rings (SSSR count). The van der Waals surface area contributed by atoms with Crippen LogP contribution in [-0.2, 0) is 12.3 Å². The molecule has 0 bridgehead atoms. The smallest absolute Gasteiger partial charge is 0.192 e. The van der Waals surface area contributed by atoms with Crippen molar-refractivity contribution in [3.8, 4) is 10.7 Å². The maximum absolute atomic E-state index is 6.21. The van der Waals surface area contributed by atoms with Gasteiger partial charge in [0.05, 0.1) is 4.88 Å². The van der Waals surface area contributed by atoms with Gasteiger partial charge in [-0.25, -0.2) is 0 Å². The minimum Gasteiger partial charge on any atom is -0.297 e. The first kappa shape index (κ1) is 15.3. The number of aromatic nitrogens is 3. The molecule has 3 nitrogen and oxygen atoms in total. The van der Waals surface area contributed by atoms with Crippen molar-refractivity contribution in [2.45, 2.75) is 17.5 Å². The lowest BCUT2D eigenvalue weighted by Crippen LogP contribution is -2.00. The molecule has 0 unspecified atom stereocenters. The van der Waals surface area contributed by atoms with Crippen molar-refractivity contribution >= 4 is 34.7 Å². The molecule has 0 aliphatic carbocycles. The van der Waals surface area contributed by atoms with Crippen LogP contribution in [-0.4, -0.2) is 14.8 Å². The molecule has 2 heterocycles. The molecule has 0 fully saturated rings. The molecule has 0 aliphatic rings. The first-order chi connectivity index (χ1) is 10.8. The van der Waals surface area contributed by atoms with Crippen LogP contribution >= 0.6 is 34.7 Å². The SMILES string of the molecule is C=CCn1c(SCc2ccccc2Cl)nnc1-c1cccs1. The van der Waals surface area contributed by atoms with Crippen molar-refractivity contribution in [2.75, 3.05) is 0 Å². The summed E-state index contributed by atoms with van der Waals surface area (Å²) in [5, 5.41) is 12.4. The first-order valence-corrected chi connectivity index (χ1v) is 8.98. The molecule has 0 atom stereocenters. The Morgan fingerprint density at radius 2 is 2.09 bits per heavy atom. The summed E-state index contributed by atoms with van der Waals surface area (Å²) in [4.78, 5) is 1.11. The largest absolute Gasteiger partial charge is 0.297 e. The Morgan fingerprint density at radius 1 is 1.23 bits per heavy atom. The predicted molar refractivity (Wildman–Crippen MR) is 94.5 cm³/mol. The highest BCUT2D eigenvalue weighted by Crippen LogP contribution is 2.30. The maximum atomic E-state index is 6.21. The summed E-state index contributed by atoms with van der Waals surface area (Å²) < 4.78 is 2.08. The lowest BCUT2D eigenvalue weighted by Gasteiger charge is -2.07. The summed E-state index contributed by atoms with van der Waals surface area (Å²) in [6.45, 7) is 4.51. The molecular weight excluding hydrogens is 334 g/mol. The molecule has 0 saturated heterocycles. The number of hydrogen-bond donors (Lipinski definition) is 0. The maximum Gasteiger partial charge on any atom is 0.192 e. The normalized spacial score (nSPS) is 10.8. The van der Waals surface area contributed by atoms with Crippen LogP contribution in [0.2, 0.25) is 5.02 Å². The number of nitrogens with zero attached hydrogens (tertiary/aromatic N) is 3. The third-order valence-corrected chi connectivity index (χ3v) is 5.33. The average Bonchev–Trinajstić information content (AvgIpc) is 3.16. The fourth-order valence-corrected chi connectivity index (χ4v) is 3.99. The summed E-state index contributed by atoms with van der Waals surface area (Å²) in [7, 11) is 0. The van der Waals surface area contributed by atoms with E-state index in [-0.39, 0.29) is 0 Å². The van der Waals surface area contributed by atoms with Crippen LogP contribution < -0.4 is 0 Å². The van der Waals surface area contributed by atoms with E-state index in [1.165, 1.54) is 0 Å². The average molecular weight is 348 g/mol. The lowest BCUT2D eigenvalue weighted by molar-refractivity contribution is 0.732. The van der Waals surface area contributed by atoms with E-state index < -0.39 is 0 Å². The van der Waals surface area contributed by atoms with Crippen molar-refractivity contribution in [3.05, 3.63) is 65.0 Å². The van der Waals surface area contributed by atoms with Gasteiger partial charge in [0.25, 0.3) is 0 Å². The molecule has 0 spiro atoms. The van der Waals surface area contributed by atoms with E-state index in [0.29, 0.717) is 6.54 Å². The summed E-state index contributed by atoms with van der Waals surface area (Å²) in [6.07, 6.45) is 1.86. The Bertz CT molecular complexity index is 766. The van der Waals surface area contributed by atoms with E-state index in [4.69, 9.17) is 11.6 Å². The van der Waals surface area contributed by atoms with E-state index in [1.807, 2.05) is 41.8 Å². The van der Waals surface area contributed by atoms with E-state index in [1.54, 1.807) is 23.1 Å². The summed E-state index contributed by atoms with van der Waals surface area (Å²) >= 11 is 9.50. The molecule has 2 aromatic heterocycles. The molecule has 22 heavy (non-hydrogen) atoms. The fourth-order valence-electron chi connectivity index (χ4n) is 2.03. The summed E-state index contributed by atoms with van der Waals surface area (Å²) in [6, 6.07) is 11.9. The van der Waals surface area contributed by atoms with E-state index in [9.17, 15) is 0 Å². The zero-order chi connectivity index (χ0) is 15.4. The fraction of sp³-hybridized carbons (Fsp3) is 0.125. The Labute approximate surface area is 142 Å². The minimum atomic E-state index is 0.686. The predicted octanol–water partition coefficient (Wildman–Crippen LogP) is 5.14. The molecular formula is C16H14ClN3S2. The quantitative estimate of drug-likeness (QED) is 0.457. The number of rotatable bonds is 6. The van der Waals surface area contributed by atoms with Crippen molar-refractivity contribution < 1.29 is 0 Å². The van der Waals surface area contributed by atoms with Crippen LogP contribution in [0, 0.1) is 0 Å². The van der Waals surface area contributed by atoms with E-state index in [0.717, 1.165) is 32.2 Å². The van der Waals surface area contributed by atoms with Crippen LogP contribution in [0.25, 0.3) is 10.7 Å². The molecule has 0 aliphatic heterocycles. The van der Waals surface area contributed by atoms with Gasteiger partial charge < -0.3 is 0 Å². The molecule has 0 N–H and O–H groups in total. The highest BCUT2D eigenvalue weighted by atomic mass is 35.5. The van der Waals surface area contributed by atoms with Gasteiger partial charge in [-0.2, -0.15) is 0 Å². The van der Waals surface area contributed by atoms with Crippen molar-refractivity contribution in [1.82, 2.24) is 14.8 Å². The number of thioether (sulfide) groups is 1. The molecule has 3 aromatic rings. The van der Waals surface area contributed by atoms with Crippen molar-refractivity contribution in [1.29, 1.82) is 0 Å². The number of benzene rings is 1. The molecule has 0 saturated carbocycles. The zero-order valence-corrected chi connectivity index (χ0v) is 14.2. The lowest BCUT2D eigenvalue weighted by atomic mass is 10.2. The zero-order valence-electron chi connectivity index (χ0n) is 11.8. The molecule has 6 heteroatoms. The Kier molecular flexibility index (Phi) is 4.97. The summed E-state index contributed by atoms with van der Waals surface area (Å²) in [5.74, 6) is 1.65. The van der Waals surface area contributed by atoms with Gasteiger partial charge in [0, 0.05) is 17.3 Å². The summed E-state index contributed by atoms with van der Waals surface area (Å²) in [5.41, 5.74) is 1.10. The van der Waals surface area contributed by atoms with Crippen LogP contribution in [0.4, 0.5) is 0 Å². The van der Waals surface area contributed by atoms with Gasteiger partial charge in [0.15, 0.2) is 11.0 Å². The monoisotopic (exact) mass is 347 g/mol. The van der Waals surface area contributed by atoms with Crippen LogP contribution in [0.3, 0.4) is 0 Å². The van der Waals surface area contributed by atoms with Gasteiger partial charge in [0.2, 0.25) is 0 Å². The number of allylic oxidation sites excluding steroid dienone is 1. The van der Waals surface area contributed by atoms with Crippen LogP contribution in [0.1, 0.15) is 5.56 Å². The number of thiophene rings is 1. The topological polar surface area (TPSA) is 30.7 Å².